The largest absolute Gasteiger partial charge is 0.464 e. The molecule has 0 bridgehead atoms. The molecule has 1 aliphatic rings. The number of rotatable bonds is 7. The number of hydrogen-bond acceptors (Lipinski definition) is 10. The van der Waals surface area contributed by atoms with Crippen molar-refractivity contribution < 1.29 is 23.9 Å². The molecule has 13 heteroatoms. The summed E-state index contributed by atoms with van der Waals surface area (Å²) in [6.07, 6.45) is -0.112. The molecule has 32 heavy (non-hydrogen) atoms. The highest BCUT2D eigenvalue weighted by Crippen LogP contribution is 2.37. The van der Waals surface area contributed by atoms with E-state index in [0.717, 1.165) is 0 Å². The number of ether oxygens (including phenoxy) is 1. The van der Waals surface area contributed by atoms with Crippen molar-refractivity contribution in [1.29, 1.82) is 0 Å². The minimum absolute atomic E-state index is 0.0269. The number of anilines is 3. The smallest absolute Gasteiger partial charge is 0.306 e. The Morgan fingerprint density at radius 3 is 2.44 bits per heavy atom. The highest BCUT2D eigenvalue weighted by atomic mass is 35.5. The van der Waals surface area contributed by atoms with Crippen molar-refractivity contribution in [3.05, 3.63) is 22.2 Å². The summed E-state index contributed by atoms with van der Waals surface area (Å²) in [6, 6.07) is 2.88. The maximum Gasteiger partial charge on any atom is 0.306 e. The standard InChI is InChI=1S/C19H18Cl2N6O5/c20-11-6-8(5-9(16(11)21)17-18(22)25-19(23)27-26-17)24-14(30)3-4-15(31)32-7-10-12(28)1-2-13(10)29/h5-6,10H,1-4,7H2,(H,24,30)(H4,22,23,25,27). The summed E-state index contributed by atoms with van der Waals surface area (Å²) < 4.78 is 4.96. The van der Waals surface area contributed by atoms with Crippen LogP contribution in [0.1, 0.15) is 25.7 Å². The van der Waals surface area contributed by atoms with Gasteiger partial charge in [0.25, 0.3) is 0 Å². The van der Waals surface area contributed by atoms with Crippen molar-refractivity contribution in [2.24, 2.45) is 5.92 Å². The summed E-state index contributed by atoms with van der Waals surface area (Å²) in [7, 11) is 0. The Kier molecular flexibility index (Phi) is 7.21. The fourth-order valence-electron chi connectivity index (χ4n) is 3.02. The molecule has 0 spiro atoms. The molecule has 3 rings (SSSR count). The van der Waals surface area contributed by atoms with Crippen molar-refractivity contribution in [3.8, 4) is 11.3 Å². The molecule has 1 amide bonds. The van der Waals surface area contributed by atoms with Crippen LogP contribution in [0.3, 0.4) is 0 Å². The number of esters is 1. The van der Waals surface area contributed by atoms with Gasteiger partial charge in [0.1, 0.15) is 29.8 Å². The van der Waals surface area contributed by atoms with Crippen LogP contribution in [-0.4, -0.2) is 45.2 Å². The first kappa shape index (κ1) is 23.4. The number of halogens is 2. The maximum atomic E-state index is 12.3. The first-order valence-electron chi connectivity index (χ1n) is 9.41. The number of carbonyl (C=O) groups is 4. The lowest BCUT2D eigenvalue weighted by Gasteiger charge is -2.12. The minimum Gasteiger partial charge on any atom is -0.464 e. The second-order valence-corrected chi connectivity index (χ2v) is 7.73. The van der Waals surface area contributed by atoms with Gasteiger partial charge in [0.15, 0.2) is 5.82 Å². The van der Waals surface area contributed by atoms with E-state index in [0.29, 0.717) is 0 Å². The van der Waals surface area contributed by atoms with Gasteiger partial charge in [-0.05, 0) is 12.1 Å². The van der Waals surface area contributed by atoms with Gasteiger partial charge in [-0.1, -0.05) is 23.2 Å². The molecule has 0 unspecified atom stereocenters. The third-order valence-corrected chi connectivity index (χ3v) is 5.46. The second kappa shape index (κ2) is 9.88. The molecule has 0 saturated heterocycles. The fraction of sp³-hybridized carbons (Fsp3) is 0.316. The molecule has 2 aromatic rings. The van der Waals surface area contributed by atoms with E-state index in [2.05, 4.69) is 20.5 Å². The van der Waals surface area contributed by atoms with E-state index in [1.165, 1.54) is 12.1 Å². The summed E-state index contributed by atoms with van der Waals surface area (Å²) in [4.78, 5) is 51.1. The molecular formula is C19H18Cl2N6O5. The summed E-state index contributed by atoms with van der Waals surface area (Å²) >= 11 is 12.4. The number of ketones is 2. The quantitative estimate of drug-likeness (QED) is 0.390. The molecule has 0 radical (unpaired) electrons. The van der Waals surface area contributed by atoms with Crippen LogP contribution >= 0.6 is 23.2 Å². The van der Waals surface area contributed by atoms with Crippen LogP contribution in [0, 0.1) is 5.92 Å². The molecule has 0 aliphatic heterocycles. The third kappa shape index (κ3) is 5.48. The third-order valence-electron chi connectivity index (χ3n) is 4.66. The van der Waals surface area contributed by atoms with Crippen LogP contribution in [0.5, 0.6) is 0 Å². The number of nitrogen functional groups attached to an aromatic ring is 2. The van der Waals surface area contributed by atoms with Crippen LogP contribution in [0.4, 0.5) is 17.5 Å². The van der Waals surface area contributed by atoms with Crippen molar-refractivity contribution >= 4 is 64.1 Å². The predicted molar refractivity (Wildman–Crippen MR) is 116 cm³/mol. The van der Waals surface area contributed by atoms with Gasteiger partial charge >= 0.3 is 5.97 Å². The van der Waals surface area contributed by atoms with E-state index in [1.807, 2.05) is 0 Å². The monoisotopic (exact) mass is 480 g/mol. The predicted octanol–water partition coefficient (Wildman–Crippen LogP) is 1.82. The van der Waals surface area contributed by atoms with Gasteiger partial charge in [-0.25, -0.2) is 0 Å². The van der Waals surface area contributed by atoms with Gasteiger partial charge < -0.3 is 21.5 Å². The summed E-state index contributed by atoms with van der Waals surface area (Å²) in [5, 5.41) is 10.3. The number of aromatic nitrogens is 3. The van der Waals surface area contributed by atoms with Gasteiger partial charge in [-0.15, -0.1) is 10.2 Å². The Hall–Kier alpha value is -3.31. The second-order valence-electron chi connectivity index (χ2n) is 6.94. The number of nitrogens with zero attached hydrogens (tertiary/aromatic N) is 3. The maximum absolute atomic E-state index is 12.3. The van der Waals surface area contributed by atoms with E-state index < -0.39 is 17.8 Å². The van der Waals surface area contributed by atoms with E-state index in [4.69, 9.17) is 39.4 Å². The first-order valence-corrected chi connectivity index (χ1v) is 10.2. The molecule has 168 valence electrons. The van der Waals surface area contributed by atoms with Gasteiger partial charge in [-0.3, -0.25) is 19.2 Å². The highest BCUT2D eigenvalue weighted by Gasteiger charge is 2.33. The van der Waals surface area contributed by atoms with Gasteiger partial charge in [-0.2, -0.15) is 4.98 Å². The van der Waals surface area contributed by atoms with Crippen LogP contribution in [0.25, 0.3) is 11.3 Å². The summed E-state index contributed by atoms with van der Waals surface area (Å²) in [5.74, 6) is -2.73. The lowest BCUT2D eigenvalue weighted by molar-refractivity contribution is -0.147. The zero-order valence-corrected chi connectivity index (χ0v) is 18.1. The fourth-order valence-corrected chi connectivity index (χ4v) is 3.44. The molecular weight excluding hydrogens is 463 g/mol. The van der Waals surface area contributed by atoms with E-state index in [9.17, 15) is 19.2 Å². The van der Waals surface area contributed by atoms with E-state index in [1.54, 1.807) is 0 Å². The topological polar surface area (TPSA) is 180 Å². The average Bonchev–Trinajstić information content (AvgIpc) is 3.05. The van der Waals surface area contributed by atoms with Crippen LogP contribution in [0.15, 0.2) is 12.1 Å². The zero-order chi connectivity index (χ0) is 23.4. The molecule has 1 fully saturated rings. The van der Waals surface area contributed by atoms with Gasteiger partial charge in [0.05, 0.1) is 16.5 Å². The SMILES string of the molecule is Nc1nnc(-c2cc(NC(=O)CCC(=O)OCC3C(=O)CCC3=O)cc(Cl)c2Cl)c(N)n1. The van der Waals surface area contributed by atoms with Crippen LogP contribution in [0.2, 0.25) is 10.0 Å². The van der Waals surface area contributed by atoms with Crippen LogP contribution in [-0.2, 0) is 23.9 Å². The van der Waals surface area contributed by atoms with Crippen molar-refractivity contribution in [2.75, 3.05) is 23.4 Å². The van der Waals surface area contributed by atoms with Crippen molar-refractivity contribution in [2.45, 2.75) is 25.7 Å². The Morgan fingerprint density at radius 2 is 1.78 bits per heavy atom. The van der Waals surface area contributed by atoms with Gasteiger partial charge in [0, 0.05) is 30.5 Å². The molecule has 1 saturated carbocycles. The number of hydrogen-bond donors (Lipinski definition) is 3. The van der Waals surface area contributed by atoms with E-state index in [-0.39, 0.29) is 82.6 Å². The molecule has 1 heterocycles. The number of benzene rings is 1. The molecule has 11 nitrogen and oxygen atoms in total. The minimum atomic E-state index is -0.902. The molecule has 1 aromatic carbocycles. The Bertz CT molecular complexity index is 1090. The summed E-state index contributed by atoms with van der Waals surface area (Å²) in [6.45, 7) is -0.299. The number of Topliss-reactive ketones (excluding diaryl/α,β-unsaturated/α-hetero) is 2. The molecule has 0 atom stereocenters. The zero-order valence-electron chi connectivity index (χ0n) is 16.6. The summed E-state index contributed by atoms with van der Waals surface area (Å²) in [5.41, 5.74) is 11.9. The molecule has 5 N–H and O–H groups in total. The Labute approximate surface area is 191 Å². The van der Waals surface area contributed by atoms with Gasteiger partial charge in [0.2, 0.25) is 11.9 Å². The van der Waals surface area contributed by atoms with Crippen LogP contribution < -0.4 is 16.8 Å². The lowest BCUT2D eigenvalue weighted by atomic mass is 10.1. The van der Waals surface area contributed by atoms with E-state index >= 15 is 0 Å². The Balaban J connectivity index is 1.60. The Morgan fingerprint density at radius 1 is 1.09 bits per heavy atom. The highest BCUT2D eigenvalue weighted by molar-refractivity contribution is 6.44. The lowest BCUT2D eigenvalue weighted by Crippen LogP contribution is -2.23. The average molecular weight is 481 g/mol. The number of nitrogens with one attached hydrogen (secondary N) is 1. The number of nitrogens with two attached hydrogens (primary N) is 2. The van der Waals surface area contributed by atoms with Crippen molar-refractivity contribution in [1.82, 2.24) is 15.2 Å². The number of amides is 1. The molecule has 1 aromatic heterocycles. The molecule has 1 aliphatic carbocycles. The number of carbonyl (C=O) groups excluding carboxylic acids is 4. The first-order chi connectivity index (χ1) is 15.2. The normalized spacial score (nSPS) is 13.9. The van der Waals surface area contributed by atoms with Crippen molar-refractivity contribution in [3.63, 3.8) is 0 Å².